The van der Waals surface area contributed by atoms with Gasteiger partial charge in [0.05, 0.1) is 0 Å². The van der Waals surface area contributed by atoms with Gasteiger partial charge < -0.3 is 13.7 Å². The van der Waals surface area contributed by atoms with E-state index in [1.54, 1.807) is 29.9 Å². The van der Waals surface area contributed by atoms with Crippen LogP contribution in [0.4, 0.5) is 0 Å². The summed E-state index contributed by atoms with van der Waals surface area (Å²) in [5, 5.41) is 0. The molecule has 0 aliphatic rings. The Kier molecular flexibility index (Phi) is 5.66. The third-order valence-corrected chi connectivity index (χ3v) is 4.21. The van der Waals surface area contributed by atoms with Crippen LogP contribution in [0.3, 0.4) is 0 Å². The van der Waals surface area contributed by atoms with Gasteiger partial charge in [-0.05, 0) is 53.2 Å². The average Bonchev–Trinajstić information content (AvgIpc) is 3.25. The molecule has 2 heterocycles. The number of hydrogen-bond donors (Lipinski definition) is 2. The Morgan fingerprint density at radius 2 is 1.81 bits per heavy atom. The van der Waals surface area contributed by atoms with Crippen LogP contribution in [0.1, 0.15) is 32.4 Å². The van der Waals surface area contributed by atoms with Crippen LogP contribution in [0.25, 0.3) is 0 Å². The number of aromatic nitrogens is 1. The zero-order valence-corrected chi connectivity index (χ0v) is 16.4. The highest BCUT2D eigenvalue weighted by atomic mass is 79.9. The van der Waals surface area contributed by atoms with Crippen molar-refractivity contribution in [2.45, 2.75) is 13.5 Å². The minimum atomic E-state index is -0.557. The molecule has 2 aromatic heterocycles. The Hall–Kier alpha value is -3.00. The first-order valence-electron chi connectivity index (χ1n) is 8.13. The van der Waals surface area contributed by atoms with Crippen LogP contribution >= 0.6 is 15.9 Å². The molecule has 0 saturated carbocycles. The van der Waals surface area contributed by atoms with Gasteiger partial charge >= 0.3 is 5.91 Å². The Balaban J connectivity index is 1.52. The Labute approximate surface area is 164 Å². The van der Waals surface area contributed by atoms with Crippen LogP contribution in [0.2, 0.25) is 0 Å². The number of ether oxygens (including phenoxy) is 1. The number of aryl methyl sites for hydroxylation is 2. The molecule has 1 aromatic carbocycles. The van der Waals surface area contributed by atoms with Gasteiger partial charge in [-0.2, -0.15) is 0 Å². The van der Waals surface area contributed by atoms with E-state index in [4.69, 9.17) is 9.15 Å². The molecule has 7 nitrogen and oxygen atoms in total. The number of nitrogens with one attached hydrogen (secondary N) is 2. The summed E-state index contributed by atoms with van der Waals surface area (Å²) in [4.78, 5) is 24.2. The zero-order valence-electron chi connectivity index (χ0n) is 14.8. The summed E-state index contributed by atoms with van der Waals surface area (Å²) < 4.78 is 13.5. The van der Waals surface area contributed by atoms with E-state index < -0.39 is 11.8 Å². The molecule has 0 spiro atoms. The predicted molar refractivity (Wildman–Crippen MR) is 102 cm³/mol. The van der Waals surface area contributed by atoms with E-state index in [1.807, 2.05) is 31.2 Å². The van der Waals surface area contributed by atoms with Crippen molar-refractivity contribution in [2.24, 2.45) is 7.05 Å². The number of amides is 2. The van der Waals surface area contributed by atoms with Gasteiger partial charge in [-0.3, -0.25) is 20.4 Å². The zero-order chi connectivity index (χ0) is 19.4. The molecule has 140 valence electrons. The summed E-state index contributed by atoms with van der Waals surface area (Å²) in [5.41, 5.74) is 6.22. The number of benzene rings is 1. The molecular weight excluding hydrogens is 414 g/mol. The van der Waals surface area contributed by atoms with Crippen LogP contribution < -0.4 is 15.6 Å². The SMILES string of the molecule is Cc1ccc(OCc2ccc(C(=O)NNC(=O)c3cc(Br)cn3C)o2)cc1. The van der Waals surface area contributed by atoms with Crippen molar-refractivity contribution in [1.29, 1.82) is 0 Å². The second kappa shape index (κ2) is 8.13. The maximum Gasteiger partial charge on any atom is 0.305 e. The summed E-state index contributed by atoms with van der Waals surface area (Å²) in [6.45, 7) is 2.19. The van der Waals surface area contributed by atoms with Gasteiger partial charge in [0.2, 0.25) is 0 Å². The van der Waals surface area contributed by atoms with Crippen LogP contribution in [0, 0.1) is 6.92 Å². The van der Waals surface area contributed by atoms with Crippen molar-refractivity contribution in [2.75, 3.05) is 0 Å². The summed E-state index contributed by atoms with van der Waals surface area (Å²) in [7, 11) is 1.73. The van der Waals surface area contributed by atoms with Gasteiger partial charge in [0, 0.05) is 17.7 Å². The standard InChI is InChI=1S/C19H18BrN3O4/c1-12-3-5-14(6-4-12)26-11-15-7-8-17(27-15)19(25)22-21-18(24)16-9-13(20)10-23(16)2/h3-10H,11H2,1-2H3,(H,21,24)(H,22,25). The highest BCUT2D eigenvalue weighted by molar-refractivity contribution is 9.10. The largest absolute Gasteiger partial charge is 0.486 e. The monoisotopic (exact) mass is 431 g/mol. The van der Waals surface area contributed by atoms with Gasteiger partial charge in [0.25, 0.3) is 5.91 Å². The lowest BCUT2D eigenvalue weighted by atomic mass is 10.2. The van der Waals surface area contributed by atoms with Gasteiger partial charge in [-0.15, -0.1) is 0 Å². The minimum absolute atomic E-state index is 0.0749. The molecular formula is C19H18BrN3O4. The molecule has 27 heavy (non-hydrogen) atoms. The maximum absolute atomic E-state index is 12.1. The highest BCUT2D eigenvalue weighted by Gasteiger charge is 2.15. The molecule has 0 unspecified atom stereocenters. The Morgan fingerprint density at radius 3 is 2.48 bits per heavy atom. The molecule has 0 aliphatic heterocycles. The molecule has 2 amide bonds. The Bertz CT molecular complexity index is 960. The quantitative estimate of drug-likeness (QED) is 0.606. The van der Waals surface area contributed by atoms with Gasteiger partial charge in [0.1, 0.15) is 23.8 Å². The first kappa shape index (κ1) is 18.8. The molecule has 0 radical (unpaired) electrons. The second-order valence-electron chi connectivity index (χ2n) is 5.93. The third kappa shape index (κ3) is 4.79. The molecule has 0 saturated heterocycles. The number of carbonyl (C=O) groups excluding carboxylic acids is 2. The smallest absolute Gasteiger partial charge is 0.305 e. The first-order chi connectivity index (χ1) is 12.9. The van der Waals surface area contributed by atoms with Crippen LogP contribution in [0.5, 0.6) is 5.75 Å². The molecule has 8 heteroatoms. The average molecular weight is 432 g/mol. The van der Waals surface area contributed by atoms with E-state index >= 15 is 0 Å². The minimum Gasteiger partial charge on any atom is -0.486 e. The molecule has 0 fully saturated rings. The summed E-state index contributed by atoms with van der Waals surface area (Å²) in [6, 6.07) is 12.4. The van der Waals surface area contributed by atoms with Gasteiger partial charge in [-0.25, -0.2) is 0 Å². The molecule has 0 aliphatic carbocycles. The number of carbonyl (C=O) groups is 2. The fourth-order valence-electron chi connectivity index (χ4n) is 2.36. The predicted octanol–water partition coefficient (Wildman–Crippen LogP) is 3.34. The topological polar surface area (TPSA) is 85.5 Å². The third-order valence-electron chi connectivity index (χ3n) is 3.78. The van der Waals surface area contributed by atoms with Gasteiger partial charge in [0.15, 0.2) is 5.76 Å². The molecule has 3 rings (SSSR count). The number of rotatable bonds is 5. The second-order valence-corrected chi connectivity index (χ2v) is 6.85. The van der Waals surface area contributed by atoms with E-state index in [0.717, 1.165) is 10.0 Å². The number of halogens is 1. The van der Waals surface area contributed by atoms with Crippen molar-refractivity contribution in [3.63, 3.8) is 0 Å². The number of nitrogens with zero attached hydrogens (tertiary/aromatic N) is 1. The highest BCUT2D eigenvalue weighted by Crippen LogP contribution is 2.16. The van der Waals surface area contributed by atoms with Crippen molar-refractivity contribution in [3.05, 3.63) is 75.9 Å². The summed E-state index contributed by atoms with van der Waals surface area (Å²) in [5.74, 6) is 0.289. The van der Waals surface area contributed by atoms with Gasteiger partial charge in [-0.1, -0.05) is 17.7 Å². The molecule has 0 bridgehead atoms. The van der Waals surface area contributed by atoms with Crippen LogP contribution in [0.15, 0.2) is 57.6 Å². The molecule has 3 aromatic rings. The number of furan rings is 1. The first-order valence-corrected chi connectivity index (χ1v) is 8.92. The lowest BCUT2D eigenvalue weighted by Crippen LogP contribution is -2.42. The number of hydrogen-bond acceptors (Lipinski definition) is 4. The summed E-state index contributed by atoms with van der Waals surface area (Å²) >= 11 is 3.29. The van der Waals surface area contributed by atoms with Crippen molar-refractivity contribution >= 4 is 27.7 Å². The van der Waals surface area contributed by atoms with E-state index in [2.05, 4.69) is 26.8 Å². The lowest BCUT2D eigenvalue weighted by molar-refractivity contribution is 0.0824. The Morgan fingerprint density at radius 1 is 1.11 bits per heavy atom. The fourth-order valence-corrected chi connectivity index (χ4v) is 2.88. The van der Waals surface area contributed by atoms with Crippen molar-refractivity contribution in [3.8, 4) is 5.75 Å². The fraction of sp³-hybridized carbons (Fsp3) is 0.158. The molecule has 0 atom stereocenters. The van der Waals surface area contributed by atoms with Crippen LogP contribution in [-0.4, -0.2) is 16.4 Å². The summed E-state index contributed by atoms with van der Waals surface area (Å²) in [6.07, 6.45) is 1.74. The van der Waals surface area contributed by atoms with E-state index in [9.17, 15) is 9.59 Å². The van der Waals surface area contributed by atoms with Crippen molar-refractivity contribution in [1.82, 2.24) is 15.4 Å². The van der Waals surface area contributed by atoms with Crippen molar-refractivity contribution < 1.29 is 18.7 Å². The van der Waals surface area contributed by atoms with E-state index in [1.165, 1.54) is 6.07 Å². The maximum atomic E-state index is 12.1. The van der Waals surface area contributed by atoms with Crippen LogP contribution in [-0.2, 0) is 13.7 Å². The van der Waals surface area contributed by atoms with E-state index in [-0.39, 0.29) is 12.4 Å². The molecule has 2 N–H and O–H groups in total. The lowest BCUT2D eigenvalue weighted by Gasteiger charge is -2.07. The number of hydrazine groups is 1. The van der Waals surface area contributed by atoms with E-state index in [0.29, 0.717) is 17.2 Å². The normalized spacial score (nSPS) is 10.5.